The van der Waals surface area contributed by atoms with E-state index in [2.05, 4.69) is 9.71 Å². The van der Waals surface area contributed by atoms with Crippen molar-refractivity contribution in [3.05, 3.63) is 24.3 Å². The van der Waals surface area contributed by atoms with Gasteiger partial charge in [0.2, 0.25) is 10.0 Å². The van der Waals surface area contributed by atoms with Gasteiger partial charge in [-0.2, -0.15) is 0 Å². The van der Waals surface area contributed by atoms with Gasteiger partial charge in [0.15, 0.2) is 5.25 Å². The van der Waals surface area contributed by atoms with Gasteiger partial charge in [-0.3, -0.25) is 14.8 Å². The van der Waals surface area contributed by atoms with Crippen LogP contribution >= 0.6 is 0 Å². The minimum Gasteiger partial charge on any atom is -0.497 e. The second kappa shape index (κ2) is 5.52. The molecule has 0 bridgehead atoms. The quantitative estimate of drug-likeness (QED) is 0.841. The van der Waals surface area contributed by atoms with E-state index >= 15 is 0 Å². The maximum atomic E-state index is 12.3. The molecular formula is C12H13N3O5S. The fourth-order valence-electron chi connectivity index (χ4n) is 1.88. The van der Waals surface area contributed by atoms with Gasteiger partial charge in [0, 0.05) is 6.07 Å². The molecule has 0 aliphatic carbocycles. The summed E-state index contributed by atoms with van der Waals surface area (Å²) in [5, 5.41) is 0.311. The van der Waals surface area contributed by atoms with Crippen molar-refractivity contribution in [3.8, 4) is 5.75 Å². The number of nitrogens with zero attached hydrogens (tertiary/aromatic N) is 1. The van der Waals surface area contributed by atoms with E-state index in [1.54, 1.807) is 12.1 Å². The first-order valence-electron chi connectivity index (χ1n) is 5.89. The molecule has 2 N–H and O–H groups in total. The molecule has 0 saturated carbocycles. The highest BCUT2D eigenvalue weighted by molar-refractivity contribution is 7.94. The zero-order valence-electron chi connectivity index (χ0n) is 11.3. The number of carbonyl (C=O) groups excluding carboxylic acids is 2. The number of urea groups is 1. The SMILES string of the molecule is COc1cccc(NS(=O)(=O)C2C(=O)NC(=O)N=C2C)c1. The number of ether oxygens (including phenoxy) is 1. The summed E-state index contributed by atoms with van der Waals surface area (Å²) in [6.45, 7) is 1.31. The lowest BCUT2D eigenvalue weighted by Crippen LogP contribution is -2.51. The summed E-state index contributed by atoms with van der Waals surface area (Å²) in [6.07, 6.45) is 0. The summed E-state index contributed by atoms with van der Waals surface area (Å²) in [5.74, 6) is -0.466. The molecular weight excluding hydrogens is 298 g/mol. The normalized spacial score (nSPS) is 18.8. The molecule has 0 saturated heterocycles. The Bertz CT molecular complexity index is 726. The number of rotatable bonds is 4. The van der Waals surface area contributed by atoms with Gasteiger partial charge in [-0.05, 0) is 19.1 Å². The Morgan fingerprint density at radius 1 is 1.33 bits per heavy atom. The second-order valence-electron chi connectivity index (χ2n) is 4.31. The van der Waals surface area contributed by atoms with Crippen LogP contribution in [0.25, 0.3) is 0 Å². The summed E-state index contributed by atoms with van der Waals surface area (Å²) in [6, 6.07) is 5.36. The molecule has 1 atom stereocenters. The number of hydrogen-bond donors (Lipinski definition) is 2. The van der Waals surface area contributed by atoms with E-state index in [-0.39, 0.29) is 11.4 Å². The van der Waals surface area contributed by atoms with Crippen LogP contribution in [0, 0.1) is 0 Å². The Morgan fingerprint density at radius 2 is 2.05 bits per heavy atom. The van der Waals surface area contributed by atoms with Crippen LogP contribution in [0.3, 0.4) is 0 Å². The number of hydrogen-bond acceptors (Lipinski definition) is 5. The van der Waals surface area contributed by atoms with Crippen molar-refractivity contribution in [2.24, 2.45) is 4.99 Å². The number of benzene rings is 1. The van der Waals surface area contributed by atoms with E-state index in [1.807, 2.05) is 5.32 Å². The molecule has 1 aliphatic rings. The predicted octanol–water partition coefficient (Wildman–Crippen LogP) is 0.516. The van der Waals surface area contributed by atoms with Crippen molar-refractivity contribution in [1.82, 2.24) is 5.32 Å². The zero-order valence-corrected chi connectivity index (χ0v) is 12.1. The lowest BCUT2D eigenvalue weighted by atomic mass is 10.2. The number of aliphatic imine (C=N–C) groups is 1. The van der Waals surface area contributed by atoms with E-state index in [1.165, 1.54) is 26.2 Å². The molecule has 21 heavy (non-hydrogen) atoms. The van der Waals surface area contributed by atoms with E-state index in [0.29, 0.717) is 5.75 Å². The first-order chi connectivity index (χ1) is 9.83. The molecule has 8 nitrogen and oxygen atoms in total. The molecule has 0 radical (unpaired) electrons. The van der Waals surface area contributed by atoms with Crippen molar-refractivity contribution >= 4 is 33.4 Å². The highest BCUT2D eigenvalue weighted by Gasteiger charge is 2.39. The van der Waals surface area contributed by atoms with Crippen LogP contribution in [0.2, 0.25) is 0 Å². The molecule has 9 heteroatoms. The number of anilines is 1. The van der Waals surface area contributed by atoms with Gasteiger partial charge >= 0.3 is 6.03 Å². The van der Waals surface area contributed by atoms with Gasteiger partial charge in [0.05, 0.1) is 18.5 Å². The fourth-order valence-corrected chi connectivity index (χ4v) is 3.30. The highest BCUT2D eigenvalue weighted by Crippen LogP contribution is 2.20. The van der Waals surface area contributed by atoms with E-state index in [0.717, 1.165) is 0 Å². The second-order valence-corrected chi connectivity index (χ2v) is 6.07. The Hall–Kier alpha value is -2.42. The summed E-state index contributed by atoms with van der Waals surface area (Å²) in [5.41, 5.74) is 0.158. The number of methoxy groups -OCH3 is 1. The van der Waals surface area contributed by atoms with E-state index in [4.69, 9.17) is 4.74 Å². The number of sulfonamides is 1. The molecule has 2 rings (SSSR count). The lowest BCUT2D eigenvalue weighted by molar-refractivity contribution is -0.118. The van der Waals surface area contributed by atoms with Gasteiger partial charge in [0.1, 0.15) is 5.75 Å². The monoisotopic (exact) mass is 311 g/mol. The molecule has 1 aromatic rings. The number of imide groups is 1. The van der Waals surface area contributed by atoms with Crippen LogP contribution in [-0.2, 0) is 14.8 Å². The minimum absolute atomic E-state index is 0.0841. The van der Waals surface area contributed by atoms with Crippen molar-refractivity contribution in [2.45, 2.75) is 12.2 Å². The van der Waals surface area contributed by atoms with E-state index < -0.39 is 27.2 Å². The Labute approximate surface area is 121 Å². The number of nitrogens with one attached hydrogen (secondary N) is 2. The first kappa shape index (κ1) is 15.0. The summed E-state index contributed by atoms with van der Waals surface area (Å²) >= 11 is 0. The predicted molar refractivity (Wildman–Crippen MR) is 76.0 cm³/mol. The average molecular weight is 311 g/mol. The van der Waals surface area contributed by atoms with Crippen LogP contribution in [0.15, 0.2) is 29.3 Å². The van der Waals surface area contributed by atoms with Crippen molar-refractivity contribution in [2.75, 3.05) is 11.8 Å². The Balaban J connectivity index is 2.31. The molecule has 1 aliphatic heterocycles. The third-order valence-electron chi connectivity index (χ3n) is 2.77. The summed E-state index contributed by atoms with van der Waals surface area (Å²) in [4.78, 5) is 26.2. The summed E-state index contributed by atoms with van der Waals surface area (Å²) in [7, 11) is -2.63. The molecule has 0 fully saturated rings. The summed E-state index contributed by atoms with van der Waals surface area (Å²) < 4.78 is 31.8. The van der Waals surface area contributed by atoms with Gasteiger partial charge in [-0.15, -0.1) is 0 Å². The molecule has 112 valence electrons. The standard InChI is InChI=1S/C12H13N3O5S/c1-7-10(11(16)14-12(17)13-7)21(18,19)15-8-4-3-5-9(6-8)20-2/h3-6,10,15H,1-2H3,(H,14,16,17). The van der Waals surface area contributed by atoms with Crippen LogP contribution in [0.1, 0.15) is 6.92 Å². The maximum Gasteiger partial charge on any atom is 0.347 e. The third-order valence-corrected chi connectivity index (χ3v) is 4.46. The van der Waals surface area contributed by atoms with Crippen LogP contribution < -0.4 is 14.8 Å². The average Bonchev–Trinajstić information content (AvgIpc) is 2.36. The zero-order chi connectivity index (χ0) is 15.6. The van der Waals surface area contributed by atoms with Crippen molar-refractivity contribution in [3.63, 3.8) is 0 Å². The Morgan fingerprint density at radius 3 is 2.67 bits per heavy atom. The van der Waals surface area contributed by atoms with Gasteiger partial charge < -0.3 is 4.74 Å². The van der Waals surface area contributed by atoms with Gasteiger partial charge in [-0.1, -0.05) is 6.07 Å². The Kier molecular flexibility index (Phi) is 3.94. The molecule has 0 aromatic heterocycles. The fraction of sp³-hybridized carbons (Fsp3) is 0.250. The van der Waals surface area contributed by atoms with Gasteiger partial charge in [0.25, 0.3) is 5.91 Å². The van der Waals surface area contributed by atoms with Crippen LogP contribution in [-0.4, -0.2) is 38.4 Å². The first-order valence-corrected chi connectivity index (χ1v) is 7.44. The minimum atomic E-state index is -4.08. The smallest absolute Gasteiger partial charge is 0.347 e. The van der Waals surface area contributed by atoms with E-state index in [9.17, 15) is 18.0 Å². The largest absolute Gasteiger partial charge is 0.497 e. The molecule has 0 spiro atoms. The molecule has 3 amide bonds. The lowest BCUT2D eigenvalue weighted by Gasteiger charge is -2.20. The molecule has 1 heterocycles. The van der Waals surface area contributed by atoms with Crippen LogP contribution in [0.5, 0.6) is 5.75 Å². The van der Waals surface area contributed by atoms with Crippen molar-refractivity contribution in [1.29, 1.82) is 0 Å². The number of carbonyl (C=O) groups is 2. The van der Waals surface area contributed by atoms with Gasteiger partial charge in [-0.25, -0.2) is 18.2 Å². The molecule has 1 unspecified atom stereocenters. The van der Waals surface area contributed by atoms with Crippen LogP contribution in [0.4, 0.5) is 10.5 Å². The topological polar surface area (TPSA) is 114 Å². The third kappa shape index (κ3) is 3.19. The maximum absolute atomic E-state index is 12.3. The number of amides is 3. The van der Waals surface area contributed by atoms with Crippen molar-refractivity contribution < 1.29 is 22.7 Å². The highest BCUT2D eigenvalue weighted by atomic mass is 32.2. The molecule has 1 aromatic carbocycles.